The van der Waals surface area contributed by atoms with Gasteiger partial charge < -0.3 is 16.0 Å². The monoisotopic (exact) mass is 669 g/mol. The van der Waals surface area contributed by atoms with E-state index >= 15 is 0 Å². The smallest absolute Gasteiger partial charge is 0.272 e. The zero-order valence-corrected chi connectivity index (χ0v) is 26.4. The molecule has 0 saturated carbocycles. The third-order valence-electron chi connectivity index (χ3n) is 6.63. The summed E-state index contributed by atoms with van der Waals surface area (Å²) in [6.45, 7) is 0. The van der Waals surface area contributed by atoms with E-state index in [1.807, 2.05) is 30.3 Å². The lowest BCUT2D eigenvalue weighted by Gasteiger charge is -2.18. The Balaban J connectivity index is 1.33. The highest BCUT2D eigenvalue weighted by Crippen LogP contribution is 2.38. The van der Waals surface area contributed by atoms with Crippen molar-refractivity contribution in [2.45, 2.75) is 10.1 Å². The summed E-state index contributed by atoms with van der Waals surface area (Å²) in [5.41, 5.74) is 2.51. The van der Waals surface area contributed by atoms with Crippen molar-refractivity contribution in [3.8, 4) is 0 Å². The largest absolute Gasteiger partial charge is 0.323 e. The maximum absolute atomic E-state index is 13.5. The Labute approximate surface area is 279 Å². The molecule has 0 aliphatic carbocycles. The van der Waals surface area contributed by atoms with Crippen molar-refractivity contribution < 1.29 is 18.8 Å². The first-order valence-corrected chi connectivity index (χ1v) is 15.6. The number of thioether (sulfide) groups is 1. The van der Waals surface area contributed by atoms with E-state index < -0.39 is 22.9 Å². The summed E-state index contributed by atoms with van der Waals surface area (Å²) < 4.78 is 13.5. The minimum Gasteiger partial charge on any atom is -0.323 e. The van der Waals surface area contributed by atoms with Crippen molar-refractivity contribution in [2.75, 3.05) is 10.6 Å². The fourth-order valence-electron chi connectivity index (χ4n) is 4.32. The van der Waals surface area contributed by atoms with Gasteiger partial charge in [-0.2, -0.15) is 0 Å². The number of benzene rings is 5. The Hall–Kier alpha value is -4.89. The van der Waals surface area contributed by atoms with E-state index in [-0.39, 0.29) is 16.6 Å². The van der Waals surface area contributed by atoms with Gasteiger partial charge in [0, 0.05) is 16.1 Å². The van der Waals surface area contributed by atoms with E-state index in [4.69, 9.17) is 23.2 Å². The number of carbonyl (C=O) groups is 3. The van der Waals surface area contributed by atoms with Crippen LogP contribution in [0.5, 0.6) is 0 Å². The fraction of sp³-hybridized carbons (Fsp3) is 0.0278. The number of anilines is 2. The van der Waals surface area contributed by atoms with Crippen molar-refractivity contribution in [2.24, 2.45) is 0 Å². The van der Waals surface area contributed by atoms with Gasteiger partial charge in [0.1, 0.15) is 16.8 Å². The van der Waals surface area contributed by atoms with Gasteiger partial charge in [0.2, 0.25) is 5.91 Å². The number of rotatable bonds is 10. The molecule has 1 unspecified atom stereocenters. The molecule has 230 valence electrons. The van der Waals surface area contributed by atoms with Gasteiger partial charge >= 0.3 is 0 Å². The first-order chi connectivity index (χ1) is 22.3. The number of hydrogen-bond acceptors (Lipinski definition) is 4. The van der Waals surface area contributed by atoms with Gasteiger partial charge in [0.15, 0.2) is 0 Å². The summed E-state index contributed by atoms with van der Waals surface area (Å²) in [6.07, 6.45) is 1.47. The molecule has 3 amide bonds. The molecule has 5 rings (SSSR count). The summed E-state index contributed by atoms with van der Waals surface area (Å²) in [7, 11) is 0. The van der Waals surface area contributed by atoms with Gasteiger partial charge in [-0.3, -0.25) is 14.4 Å². The molecule has 46 heavy (non-hydrogen) atoms. The summed E-state index contributed by atoms with van der Waals surface area (Å²) in [4.78, 5) is 40.5. The van der Waals surface area contributed by atoms with Gasteiger partial charge in [-0.05, 0) is 77.9 Å². The molecular formula is C36H26Cl2FN3O3S. The molecule has 0 fully saturated rings. The third-order valence-corrected chi connectivity index (χ3v) is 8.71. The molecular weight excluding hydrogens is 644 g/mol. The normalized spacial score (nSPS) is 11.8. The maximum Gasteiger partial charge on any atom is 0.272 e. The molecule has 5 aromatic rings. The van der Waals surface area contributed by atoms with Gasteiger partial charge in [0.05, 0.1) is 15.7 Å². The molecule has 0 aliphatic heterocycles. The van der Waals surface area contributed by atoms with Crippen molar-refractivity contribution in [3.05, 3.63) is 166 Å². The van der Waals surface area contributed by atoms with Crippen LogP contribution in [0, 0.1) is 5.82 Å². The van der Waals surface area contributed by atoms with Gasteiger partial charge in [-0.1, -0.05) is 89.9 Å². The minimum absolute atomic E-state index is 0.0283. The first kappa shape index (κ1) is 32.5. The third kappa shape index (κ3) is 8.63. The Kier molecular flexibility index (Phi) is 10.9. The highest BCUT2D eigenvalue weighted by molar-refractivity contribution is 8.00. The van der Waals surface area contributed by atoms with Crippen LogP contribution in [0.2, 0.25) is 10.0 Å². The number of amides is 3. The number of halogens is 3. The molecule has 0 spiro atoms. The minimum atomic E-state index is -0.630. The summed E-state index contributed by atoms with van der Waals surface area (Å²) in [6, 6.07) is 35.3. The van der Waals surface area contributed by atoms with E-state index in [1.54, 1.807) is 72.8 Å². The molecule has 0 aromatic heterocycles. The molecule has 3 N–H and O–H groups in total. The second-order valence-electron chi connectivity index (χ2n) is 9.91. The number of carbonyl (C=O) groups excluding carboxylic acids is 3. The van der Waals surface area contributed by atoms with Crippen LogP contribution in [-0.2, 0) is 9.59 Å². The maximum atomic E-state index is 13.5. The van der Waals surface area contributed by atoms with Crippen LogP contribution in [0.4, 0.5) is 15.8 Å². The van der Waals surface area contributed by atoms with Crippen molar-refractivity contribution in [3.63, 3.8) is 0 Å². The van der Waals surface area contributed by atoms with E-state index in [2.05, 4.69) is 16.0 Å². The second kappa shape index (κ2) is 15.4. The van der Waals surface area contributed by atoms with Crippen molar-refractivity contribution in [1.82, 2.24) is 5.32 Å². The van der Waals surface area contributed by atoms with Gasteiger partial charge in [-0.25, -0.2) is 4.39 Å². The van der Waals surface area contributed by atoms with E-state index in [9.17, 15) is 18.8 Å². The van der Waals surface area contributed by atoms with Gasteiger partial charge in [0.25, 0.3) is 11.8 Å². The summed E-state index contributed by atoms with van der Waals surface area (Å²) in [5.74, 6) is -1.76. The predicted octanol–water partition coefficient (Wildman–Crippen LogP) is 9.01. The molecule has 0 saturated heterocycles. The molecule has 1 atom stereocenters. The van der Waals surface area contributed by atoms with Crippen LogP contribution in [0.25, 0.3) is 6.08 Å². The fourth-order valence-corrected chi connectivity index (χ4v) is 5.69. The summed E-state index contributed by atoms with van der Waals surface area (Å²) in [5, 5.41) is 8.29. The second-order valence-corrected chi connectivity index (χ2v) is 11.9. The molecule has 5 aromatic carbocycles. The molecule has 0 heterocycles. The van der Waals surface area contributed by atoms with Crippen LogP contribution in [0.1, 0.15) is 26.7 Å². The molecule has 0 bridgehead atoms. The lowest BCUT2D eigenvalue weighted by molar-refractivity contribution is -0.116. The van der Waals surface area contributed by atoms with Crippen LogP contribution in [-0.4, -0.2) is 17.7 Å². The quantitative estimate of drug-likeness (QED) is 0.102. The number of nitrogens with one attached hydrogen (secondary N) is 3. The van der Waals surface area contributed by atoms with Crippen molar-refractivity contribution in [1.29, 1.82) is 0 Å². The van der Waals surface area contributed by atoms with E-state index in [1.165, 1.54) is 42.1 Å². The average Bonchev–Trinajstić information content (AvgIpc) is 3.07. The standard InChI is InChI=1S/C36H26Cl2FN3O3S/c37-29-12-7-13-30(32(29)38)41-36(45)33(24-8-3-1-4-9-24)46-28-20-18-27(19-21-28)40-35(44)31(22-23-14-16-26(39)17-15-23)42-34(43)25-10-5-2-6-11-25/h1-22,33H,(H,40,44)(H,41,45)(H,42,43)/b31-22-. The molecule has 10 heteroatoms. The Bertz CT molecular complexity index is 1870. The van der Waals surface area contributed by atoms with Gasteiger partial charge in [-0.15, -0.1) is 11.8 Å². The topological polar surface area (TPSA) is 87.3 Å². The lowest BCUT2D eigenvalue weighted by Crippen LogP contribution is -2.30. The molecule has 0 aliphatic rings. The Morgan fingerprint density at radius 1 is 0.717 bits per heavy atom. The Morgan fingerprint density at radius 2 is 1.37 bits per heavy atom. The van der Waals surface area contributed by atoms with Crippen LogP contribution in [0.15, 0.2) is 138 Å². The van der Waals surface area contributed by atoms with Crippen LogP contribution >= 0.6 is 35.0 Å². The average molecular weight is 671 g/mol. The number of hydrogen-bond donors (Lipinski definition) is 3. The Morgan fingerprint density at radius 3 is 2.04 bits per heavy atom. The van der Waals surface area contributed by atoms with E-state index in [0.717, 1.165) is 10.5 Å². The molecule has 0 radical (unpaired) electrons. The lowest BCUT2D eigenvalue weighted by atomic mass is 10.1. The zero-order chi connectivity index (χ0) is 32.5. The SMILES string of the molecule is O=C(Nc1ccc(SC(C(=O)Nc2cccc(Cl)c2Cl)c2ccccc2)cc1)/C(=C/c1ccc(F)cc1)NC(=O)c1ccccc1. The van der Waals surface area contributed by atoms with E-state index in [0.29, 0.717) is 27.5 Å². The highest BCUT2D eigenvalue weighted by atomic mass is 35.5. The van der Waals surface area contributed by atoms with Crippen LogP contribution in [0.3, 0.4) is 0 Å². The zero-order valence-electron chi connectivity index (χ0n) is 24.0. The highest BCUT2D eigenvalue weighted by Gasteiger charge is 2.23. The first-order valence-electron chi connectivity index (χ1n) is 14.0. The molecule has 6 nitrogen and oxygen atoms in total. The summed E-state index contributed by atoms with van der Waals surface area (Å²) >= 11 is 13.8. The van der Waals surface area contributed by atoms with Crippen LogP contribution < -0.4 is 16.0 Å². The predicted molar refractivity (Wildman–Crippen MR) is 183 cm³/mol. The van der Waals surface area contributed by atoms with Crippen molar-refractivity contribution >= 4 is 70.1 Å².